The molecule has 3 heterocycles. The van der Waals surface area contributed by atoms with Crippen LogP contribution in [0.2, 0.25) is 0 Å². The van der Waals surface area contributed by atoms with E-state index in [1.54, 1.807) is 4.90 Å². The van der Waals surface area contributed by atoms with Gasteiger partial charge in [0.05, 0.1) is 0 Å². The molecule has 3 aromatic rings. The molecule has 0 unspecified atom stereocenters. The molecule has 1 aromatic heterocycles. The molecule has 2 amide bonds. The number of carbonyl (C=O) groups is 2. The normalized spacial score (nSPS) is 16.1. The zero-order valence-electron chi connectivity index (χ0n) is 25.3. The first-order valence-electron chi connectivity index (χ1n) is 14.8. The van der Waals surface area contributed by atoms with Crippen molar-refractivity contribution in [1.82, 2.24) is 19.8 Å². The molecule has 224 valence electrons. The van der Waals surface area contributed by atoms with E-state index in [4.69, 9.17) is 20.4 Å². The summed E-state index contributed by atoms with van der Waals surface area (Å²) in [6.07, 6.45) is -0.336. The summed E-state index contributed by atoms with van der Waals surface area (Å²) >= 11 is 0. The Bertz CT molecular complexity index is 1430. The molecule has 0 saturated carbocycles. The summed E-state index contributed by atoms with van der Waals surface area (Å²) in [4.78, 5) is 44.2. The Balaban J connectivity index is 1.42. The number of hydrogen-bond donors (Lipinski definition) is 2. The van der Waals surface area contributed by atoms with Crippen LogP contribution < -0.4 is 20.9 Å². The molecule has 2 aliphatic rings. The maximum absolute atomic E-state index is 13.7. The van der Waals surface area contributed by atoms with Gasteiger partial charge < -0.3 is 30.5 Å². The van der Waals surface area contributed by atoms with E-state index in [1.165, 1.54) is 0 Å². The average molecular weight is 575 g/mol. The van der Waals surface area contributed by atoms with Gasteiger partial charge in [0.2, 0.25) is 5.95 Å². The van der Waals surface area contributed by atoms with Crippen molar-refractivity contribution < 1.29 is 14.3 Å². The van der Waals surface area contributed by atoms with E-state index in [2.05, 4.69) is 29.0 Å². The Hall–Kier alpha value is -4.12. The Morgan fingerprint density at radius 3 is 2.31 bits per heavy atom. The van der Waals surface area contributed by atoms with E-state index in [1.807, 2.05) is 68.1 Å². The highest BCUT2D eigenvalue weighted by molar-refractivity contribution is 6.11. The standard InChI is InChI=1S/C31H42N8O3/c1-6-36(7-2)22-19-39(20-22)29-34-26(28(40)33-24-14-10-12-21-11-8-9-13-23(21)24)25(32)27(35-29)37-15-17-38(18-16-37)30(41)42-31(3,4)5/h8-14,22H,6-7,15-20,32H2,1-5H3,(H,33,40). The van der Waals surface area contributed by atoms with E-state index < -0.39 is 5.60 Å². The number of nitrogens with two attached hydrogens (primary N) is 1. The zero-order valence-corrected chi connectivity index (χ0v) is 25.3. The van der Waals surface area contributed by atoms with Gasteiger partial charge >= 0.3 is 6.09 Å². The minimum Gasteiger partial charge on any atom is -0.444 e. The van der Waals surface area contributed by atoms with Gasteiger partial charge in [0.1, 0.15) is 11.3 Å². The van der Waals surface area contributed by atoms with Crippen molar-refractivity contribution in [2.75, 3.05) is 73.2 Å². The molecule has 11 heteroatoms. The number of hydrogen-bond acceptors (Lipinski definition) is 9. The summed E-state index contributed by atoms with van der Waals surface area (Å²) in [6, 6.07) is 14.1. The van der Waals surface area contributed by atoms with Gasteiger partial charge in [-0.25, -0.2) is 9.78 Å². The molecule has 0 aliphatic carbocycles. The molecule has 11 nitrogen and oxygen atoms in total. The van der Waals surface area contributed by atoms with Gasteiger partial charge in [0, 0.05) is 56.4 Å². The van der Waals surface area contributed by atoms with Crippen LogP contribution in [0.5, 0.6) is 0 Å². The van der Waals surface area contributed by atoms with Crippen molar-refractivity contribution in [2.45, 2.75) is 46.3 Å². The van der Waals surface area contributed by atoms with Crippen LogP contribution in [0.15, 0.2) is 42.5 Å². The van der Waals surface area contributed by atoms with E-state index >= 15 is 0 Å². The van der Waals surface area contributed by atoms with Crippen molar-refractivity contribution in [3.05, 3.63) is 48.2 Å². The summed E-state index contributed by atoms with van der Waals surface area (Å²) in [5.41, 5.74) is 7.14. The molecular weight excluding hydrogens is 532 g/mol. The second kappa shape index (κ2) is 12.0. The molecule has 0 spiro atoms. The van der Waals surface area contributed by atoms with Crippen molar-refractivity contribution in [3.8, 4) is 0 Å². The number of carbonyl (C=O) groups excluding carboxylic acids is 2. The van der Waals surface area contributed by atoms with Crippen LogP contribution in [0.3, 0.4) is 0 Å². The fraction of sp³-hybridized carbons (Fsp3) is 0.484. The highest BCUT2D eigenvalue weighted by Gasteiger charge is 2.35. The van der Waals surface area contributed by atoms with Crippen LogP contribution in [-0.4, -0.2) is 95.8 Å². The van der Waals surface area contributed by atoms with Gasteiger partial charge in [-0.15, -0.1) is 0 Å². The third-order valence-electron chi connectivity index (χ3n) is 7.87. The molecule has 0 bridgehead atoms. The van der Waals surface area contributed by atoms with Crippen LogP contribution in [0.25, 0.3) is 10.8 Å². The number of nitrogen functional groups attached to an aromatic ring is 1. The molecule has 2 saturated heterocycles. The van der Waals surface area contributed by atoms with Crippen LogP contribution in [0.4, 0.5) is 27.9 Å². The number of aromatic nitrogens is 2. The molecule has 42 heavy (non-hydrogen) atoms. The Morgan fingerprint density at radius 1 is 0.976 bits per heavy atom. The minimum absolute atomic E-state index is 0.142. The highest BCUT2D eigenvalue weighted by atomic mass is 16.6. The largest absolute Gasteiger partial charge is 0.444 e. The molecule has 2 aliphatic heterocycles. The lowest BCUT2D eigenvalue weighted by atomic mass is 10.1. The summed E-state index contributed by atoms with van der Waals surface area (Å²) < 4.78 is 5.55. The summed E-state index contributed by atoms with van der Waals surface area (Å²) in [6.45, 7) is 15.3. The molecule has 0 radical (unpaired) electrons. The molecule has 5 rings (SSSR count). The quantitative estimate of drug-likeness (QED) is 0.431. The van der Waals surface area contributed by atoms with E-state index in [0.717, 1.165) is 37.0 Å². The SMILES string of the molecule is CCN(CC)C1CN(c2nc(C(=O)Nc3cccc4ccccc34)c(N)c(N3CCN(C(=O)OC(C)(C)C)CC3)n2)C1. The van der Waals surface area contributed by atoms with Crippen LogP contribution >= 0.6 is 0 Å². The first-order valence-corrected chi connectivity index (χ1v) is 14.8. The van der Waals surface area contributed by atoms with Gasteiger partial charge in [-0.05, 0) is 45.3 Å². The van der Waals surface area contributed by atoms with Crippen LogP contribution in [0.1, 0.15) is 45.1 Å². The predicted octanol–water partition coefficient (Wildman–Crippen LogP) is 4.05. The summed E-state index contributed by atoms with van der Waals surface area (Å²) in [5, 5.41) is 5.00. The number of amides is 2. The fourth-order valence-corrected chi connectivity index (χ4v) is 5.53. The van der Waals surface area contributed by atoms with Gasteiger partial charge in [0.25, 0.3) is 5.91 Å². The average Bonchev–Trinajstić information content (AvgIpc) is 2.94. The molecular formula is C31H42N8O3. The Labute approximate surface area is 247 Å². The zero-order chi connectivity index (χ0) is 30.0. The van der Waals surface area contributed by atoms with Gasteiger partial charge in [-0.1, -0.05) is 50.2 Å². The van der Waals surface area contributed by atoms with Crippen LogP contribution in [0, 0.1) is 0 Å². The lowest BCUT2D eigenvalue weighted by molar-refractivity contribution is 0.0240. The number of nitrogens with one attached hydrogen (secondary N) is 1. The summed E-state index contributed by atoms with van der Waals surface area (Å²) in [5.74, 6) is 0.611. The number of rotatable bonds is 7. The van der Waals surface area contributed by atoms with Gasteiger partial charge in [0.15, 0.2) is 11.5 Å². The fourth-order valence-electron chi connectivity index (χ4n) is 5.53. The monoisotopic (exact) mass is 574 g/mol. The predicted molar refractivity (Wildman–Crippen MR) is 167 cm³/mol. The Kier molecular flexibility index (Phi) is 8.40. The van der Waals surface area contributed by atoms with Crippen LogP contribution in [-0.2, 0) is 4.74 Å². The van der Waals surface area contributed by atoms with Crippen molar-refractivity contribution in [2.24, 2.45) is 0 Å². The third-order valence-corrected chi connectivity index (χ3v) is 7.87. The lowest BCUT2D eigenvalue weighted by Crippen LogP contribution is -2.60. The highest BCUT2D eigenvalue weighted by Crippen LogP contribution is 2.31. The van der Waals surface area contributed by atoms with E-state index in [9.17, 15) is 9.59 Å². The molecule has 2 fully saturated rings. The lowest BCUT2D eigenvalue weighted by Gasteiger charge is -2.45. The number of anilines is 4. The van der Waals surface area contributed by atoms with Crippen molar-refractivity contribution in [1.29, 1.82) is 0 Å². The maximum atomic E-state index is 13.7. The number of ether oxygens (including phenoxy) is 1. The molecule has 3 N–H and O–H groups in total. The smallest absolute Gasteiger partial charge is 0.410 e. The van der Waals surface area contributed by atoms with Gasteiger partial charge in [-0.2, -0.15) is 4.98 Å². The van der Waals surface area contributed by atoms with E-state index in [0.29, 0.717) is 49.7 Å². The first kappa shape index (κ1) is 29.4. The van der Waals surface area contributed by atoms with E-state index in [-0.39, 0.29) is 23.4 Å². The number of piperazine rings is 1. The number of nitrogens with zero attached hydrogens (tertiary/aromatic N) is 6. The minimum atomic E-state index is -0.563. The van der Waals surface area contributed by atoms with Gasteiger partial charge in [-0.3, -0.25) is 9.69 Å². The third kappa shape index (κ3) is 6.20. The van der Waals surface area contributed by atoms with Crippen molar-refractivity contribution >= 4 is 45.9 Å². The number of likely N-dealkylation sites (N-methyl/N-ethyl adjacent to an activating group) is 1. The molecule has 0 atom stereocenters. The number of benzene rings is 2. The second-order valence-electron chi connectivity index (χ2n) is 11.8. The second-order valence-corrected chi connectivity index (χ2v) is 11.8. The van der Waals surface area contributed by atoms with Crippen molar-refractivity contribution in [3.63, 3.8) is 0 Å². The summed E-state index contributed by atoms with van der Waals surface area (Å²) in [7, 11) is 0. The number of fused-ring (bicyclic) bond motifs is 1. The Morgan fingerprint density at radius 2 is 1.64 bits per heavy atom. The molecule has 2 aromatic carbocycles. The maximum Gasteiger partial charge on any atom is 0.410 e. The topological polar surface area (TPSA) is 120 Å². The first-order chi connectivity index (χ1) is 20.1.